The molecule has 4 aromatic carbocycles. The first-order chi connectivity index (χ1) is 34.8. The van der Waals surface area contributed by atoms with Crippen molar-refractivity contribution in [3.63, 3.8) is 0 Å². The molecule has 9 rings (SSSR count). The van der Waals surface area contributed by atoms with Crippen LogP contribution >= 0.6 is 22.6 Å². The van der Waals surface area contributed by atoms with Gasteiger partial charge in [-0.05, 0) is 107 Å². The molecule has 2 aliphatic heterocycles. The van der Waals surface area contributed by atoms with Crippen LogP contribution < -0.4 is 0 Å². The van der Waals surface area contributed by atoms with Gasteiger partial charge in [0.25, 0.3) is 0 Å². The van der Waals surface area contributed by atoms with Gasteiger partial charge in [-0.15, -0.1) is 0 Å². The highest BCUT2D eigenvalue weighted by Gasteiger charge is 2.32. The highest BCUT2D eigenvalue weighted by atomic mass is 127. The minimum atomic E-state index is -2.34. The second-order valence-electron chi connectivity index (χ2n) is 17.8. The molecule has 7 aromatic rings. The second-order valence-corrected chi connectivity index (χ2v) is 18.9. The summed E-state index contributed by atoms with van der Waals surface area (Å²) in [6.07, 6.45) is 16.7. The molecule has 0 fully saturated rings. The Bertz CT molecular complexity index is 3160. The molecular weight excluding hydrogens is 1060 g/mol. The normalized spacial score (nSPS) is 12.2. The number of aryl methyl sites for hydroxylation is 2. The molecule has 0 saturated carbocycles. The molecule has 0 saturated heterocycles. The van der Waals surface area contributed by atoms with Crippen molar-refractivity contribution in [2.24, 2.45) is 0 Å². The molecule has 15 heteroatoms. The predicted molar refractivity (Wildman–Crippen MR) is 274 cm³/mol. The van der Waals surface area contributed by atoms with Crippen molar-refractivity contribution in [3.05, 3.63) is 165 Å². The number of unbranched alkanes of at least 4 members (excludes halogenated alkanes) is 7. The summed E-state index contributed by atoms with van der Waals surface area (Å²) in [4.78, 5) is 15.8. The van der Waals surface area contributed by atoms with Crippen LogP contribution in [0.25, 0.3) is 90.9 Å². The molecule has 8 bridgehead atoms. The molecule has 0 aliphatic carbocycles. The SMILES string of the molecule is CCCCCCCc1ccc(-c2c3nc(c(-c4c(F)c(F)c(F)c(F)c4F)c4ccc([nH]4)c(-c4ccc(CCCCCCI)cc4)c4nc(c(-c5c(F)c(F)c(F)c(F)c5F)c5ccc2[nH]5)C=C4)C=C3)cc1. The quantitative estimate of drug-likeness (QED) is 0.0253. The van der Waals surface area contributed by atoms with Crippen LogP contribution in [0, 0.1) is 58.2 Å². The molecule has 2 N–H and O–H groups in total. The van der Waals surface area contributed by atoms with E-state index in [9.17, 15) is 8.78 Å². The first-order valence-corrected chi connectivity index (χ1v) is 25.3. The van der Waals surface area contributed by atoms with Crippen LogP contribution in [0.1, 0.15) is 98.6 Å². The van der Waals surface area contributed by atoms with Gasteiger partial charge in [0.2, 0.25) is 11.6 Å². The van der Waals surface area contributed by atoms with E-state index in [0.29, 0.717) is 22.3 Å². The molecule has 0 unspecified atom stereocenters. The third-order valence-corrected chi connectivity index (χ3v) is 13.8. The summed E-state index contributed by atoms with van der Waals surface area (Å²) in [5.74, 6) is -21.7. The minimum absolute atomic E-state index is 0.113. The van der Waals surface area contributed by atoms with Gasteiger partial charge in [-0.1, -0.05) is 117 Å². The Balaban J connectivity index is 1.38. The Kier molecular flexibility index (Phi) is 15.2. The average molecular weight is 1100 g/mol. The Morgan fingerprint density at radius 1 is 0.347 bits per heavy atom. The number of alkyl halides is 1. The van der Waals surface area contributed by atoms with Crippen LogP contribution in [0.15, 0.2) is 72.8 Å². The molecule has 0 amide bonds. The number of halogens is 11. The van der Waals surface area contributed by atoms with E-state index >= 15 is 35.1 Å². The van der Waals surface area contributed by atoms with Gasteiger partial charge in [0.05, 0.1) is 33.9 Å². The van der Waals surface area contributed by atoms with Crippen molar-refractivity contribution in [2.45, 2.75) is 77.6 Å². The standard InChI is InChI=1S/C57H45F10IN4/c1-2-3-4-5-8-11-30-13-17-32(18-14-30)42-34-21-25-38(69-34)44(46-48(58)52(62)56(66)53(63)49(46)59)40-27-23-36(71-40)43(33-19-15-31(16-20-33)12-9-6-7-10-29-68)37-24-28-41(72-37)45(39-26-22-35(42)70-39)47-50(60)54(64)57(67)55(65)51(47)61/h13-28,69,72H,2-12,29H2,1H3. The Hall–Kier alpha value is -6.49. The predicted octanol–water partition coefficient (Wildman–Crippen LogP) is 17.8. The number of aromatic nitrogens is 4. The third-order valence-electron chi connectivity index (χ3n) is 13.1. The molecule has 0 atom stereocenters. The highest BCUT2D eigenvalue weighted by molar-refractivity contribution is 14.1. The zero-order valence-corrected chi connectivity index (χ0v) is 40.9. The molecular formula is C57H45F10IN4. The zero-order chi connectivity index (χ0) is 50.8. The van der Waals surface area contributed by atoms with Crippen molar-refractivity contribution in [1.82, 2.24) is 19.9 Å². The molecule has 370 valence electrons. The summed E-state index contributed by atoms with van der Waals surface area (Å²) in [5.41, 5.74) is 0.265. The fourth-order valence-corrected chi connectivity index (χ4v) is 9.91. The zero-order valence-electron chi connectivity index (χ0n) is 38.8. The van der Waals surface area contributed by atoms with E-state index in [1.807, 2.05) is 24.3 Å². The second kappa shape index (κ2) is 21.7. The van der Waals surface area contributed by atoms with Gasteiger partial charge in [-0.25, -0.2) is 53.9 Å². The lowest BCUT2D eigenvalue weighted by Gasteiger charge is -2.11. The average Bonchev–Trinajstić information content (AvgIpc) is 4.25. The lowest BCUT2D eigenvalue weighted by atomic mass is 9.99. The van der Waals surface area contributed by atoms with Gasteiger partial charge < -0.3 is 9.97 Å². The number of hydrogen-bond acceptors (Lipinski definition) is 2. The van der Waals surface area contributed by atoms with Crippen molar-refractivity contribution in [3.8, 4) is 44.5 Å². The topological polar surface area (TPSA) is 57.4 Å². The molecule has 4 nitrogen and oxygen atoms in total. The molecule has 2 aliphatic rings. The fourth-order valence-electron chi connectivity index (χ4n) is 9.37. The lowest BCUT2D eigenvalue weighted by molar-refractivity contribution is 0.381. The number of rotatable bonds is 16. The van der Waals surface area contributed by atoms with E-state index in [1.165, 1.54) is 48.6 Å². The first kappa shape index (κ1) is 50.5. The summed E-state index contributed by atoms with van der Waals surface area (Å²) in [6.45, 7) is 2.13. The van der Waals surface area contributed by atoms with Crippen molar-refractivity contribution in [2.75, 3.05) is 4.43 Å². The van der Waals surface area contributed by atoms with Crippen LogP contribution in [-0.2, 0) is 12.8 Å². The van der Waals surface area contributed by atoms with Gasteiger partial charge >= 0.3 is 0 Å². The number of H-pyrrole nitrogens is 2. The number of hydrogen-bond donors (Lipinski definition) is 2. The molecule has 3 aromatic heterocycles. The van der Waals surface area contributed by atoms with Gasteiger partial charge in [-0.3, -0.25) is 0 Å². The summed E-state index contributed by atoms with van der Waals surface area (Å²) < 4.78 is 156. The van der Waals surface area contributed by atoms with Crippen molar-refractivity contribution < 1.29 is 43.9 Å². The summed E-state index contributed by atoms with van der Waals surface area (Å²) >= 11 is 2.34. The van der Waals surface area contributed by atoms with Gasteiger partial charge in [0.1, 0.15) is 0 Å². The van der Waals surface area contributed by atoms with E-state index in [2.05, 4.69) is 39.5 Å². The van der Waals surface area contributed by atoms with Crippen LogP contribution in [0.2, 0.25) is 0 Å². The van der Waals surface area contributed by atoms with Crippen LogP contribution in [0.3, 0.4) is 0 Å². The maximum absolute atomic E-state index is 16.1. The Labute approximate surface area is 422 Å². The maximum atomic E-state index is 16.1. The number of nitrogens with one attached hydrogen (secondary N) is 2. The molecule has 0 spiro atoms. The lowest BCUT2D eigenvalue weighted by Crippen LogP contribution is -2.05. The van der Waals surface area contributed by atoms with Crippen LogP contribution in [0.4, 0.5) is 43.9 Å². The summed E-state index contributed by atoms with van der Waals surface area (Å²) in [5, 5.41) is 0. The van der Waals surface area contributed by atoms with E-state index < -0.39 is 80.4 Å². The van der Waals surface area contributed by atoms with Gasteiger partial charge in [0.15, 0.2) is 46.5 Å². The van der Waals surface area contributed by atoms with E-state index in [1.54, 1.807) is 24.3 Å². The van der Waals surface area contributed by atoms with Crippen molar-refractivity contribution >= 4 is 69.0 Å². The number of aromatic amines is 2. The summed E-state index contributed by atoms with van der Waals surface area (Å²) in [7, 11) is 0. The van der Waals surface area contributed by atoms with E-state index in [-0.39, 0.29) is 44.8 Å². The summed E-state index contributed by atoms with van der Waals surface area (Å²) in [6, 6.07) is 20.6. The van der Waals surface area contributed by atoms with E-state index in [4.69, 9.17) is 9.97 Å². The first-order valence-electron chi connectivity index (χ1n) is 23.8. The minimum Gasteiger partial charge on any atom is -0.354 e. The molecule has 5 heterocycles. The van der Waals surface area contributed by atoms with Crippen molar-refractivity contribution in [1.29, 1.82) is 0 Å². The van der Waals surface area contributed by atoms with Gasteiger partial charge in [0, 0.05) is 44.3 Å². The van der Waals surface area contributed by atoms with Gasteiger partial charge in [-0.2, -0.15) is 0 Å². The smallest absolute Gasteiger partial charge is 0.200 e. The van der Waals surface area contributed by atoms with E-state index in [0.717, 1.165) is 86.2 Å². The van der Waals surface area contributed by atoms with Crippen LogP contribution in [0.5, 0.6) is 0 Å². The fraction of sp³-hybridized carbons (Fsp3) is 0.228. The van der Waals surface area contributed by atoms with Crippen LogP contribution in [-0.4, -0.2) is 24.4 Å². The largest absolute Gasteiger partial charge is 0.354 e. The highest BCUT2D eigenvalue weighted by Crippen LogP contribution is 2.42. The number of nitrogens with zero attached hydrogens (tertiary/aromatic N) is 2. The molecule has 72 heavy (non-hydrogen) atoms. The maximum Gasteiger partial charge on any atom is 0.200 e. The molecule has 0 radical (unpaired) electrons. The number of fused-ring (bicyclic) bond motifs is 8. The number of benzene rings is 4. The Morgan fingerprint density at radius 2 is 0.653 bits per heavy atom. The third kappa shape index (κ3) is 9.75. The monoisotopic (exact) mass is 1100 g/mol. The Morgan fingerprint density at radius 3 is 1.00 bits per heavy atom.